The molecular weight excluding hydrogens is 252 g/mol. The van der Waals surface area contributed by atoms with Crippen LogP contribution in [0.5, 0.6) is 0 Å². The molecule has 2 aromatic rings. The lowest BCUT2D eigenvalue weighted by molar-refractivity contribution is 0.618. The van der Waals surface area contributed by atoms with Crippen LogP contribution in [0.25, 0.3) is 0 Å². The Kier molecular flexibility index (Phi) is 4.15. The smallest absolute Gasteiger partial charge is 0.0898 e. The number of nitrogens with zero attached hydrogens (tertiary/aromatic N) is 1. The highest BCUT2D eigenvalue weighted by atomic mass is 35.5. The summed E-state index contributed by atoms with van der Waals surface area (Å²) in [6.45, 7) is 4.99. The average molecular weight is 267 g/mol. The molecule has 4 heteroatoms. The molecule has 0 aliphatic rings. The first-order chi connectivity index (χ1) is 8.22. The molecule has 1 aromatic carbocycles. The molecule has 2 nitrogen and oxygen atoms in total. The van der Waals surface area contributed by atoms with E-state index in [9.17, 15) is 0 Å². The SMILES string of the molecule is CCNC(c1csc(C)n1)c1ccccc1Cl. The summed E-state index contributed by atoms with van der Waals surface area (Å²) in [4.78, 5) is 4.54. The second-order valence-electron chi connectivity index (χ2n) is 3.80. The molecule has 0 bridgehead atoms. The third-order valence-electron chi connectivity index (χ3n) is 2.56. The number of rotatable bonds is 4. The van der Waals surface area contributed by atoms with Crippen LogP contribution in [0.4, 0.5) is 0 Å². The fourth-order valence-corrected chi connectivity index (χ4v) is 2.68. The van der Waals surface area contributed by atoms with Crippen LogP contribution in [0.15, 0.2) is 29.6 Å². The lowest BCUT2D eigenvalue weighted by atomic mass is 10.0. The van der Waals surface area contributed by atoms with Gasteiger partial charge in [0.15, 0.2) is 0 Å². The number of hydrogen-bond acceptors (Lipinski definition) is 3. The third-order valence-corrected chi connectivity index (χ3v) is 3.69. The Morgan fingerprint density at radius 1 is 1.41 bits per heavy atom. The van der Waals surface area contributed by atoms with Gasteiger partial charge >= 0.3 is 0 Å². The van der Waals surface area contributed by atoms with E-state index in [0.717, 1.165) is 27.8 Å². The van der Waals surface area contributed by atoms with Crippen molar-refractivity contribution >= 4 is 22.9 Å². The molecular formula is C13H15ClN2S. The molecule has 0 spiro atoms. The van der Waals surface area contributed by atoms with Crippen molar-refractivity contribution in [1.82, 2.24) is 10.3 Å². The van der Waals surface area contributed by atoms with Gasteiger partial charge in [-0.1, -0.05) is 36.7 Å². The molecule has 0 amide bonds. The Hall–Kier alpha value is -0.900. The molecule has 2 rings (SSSR count). The van der Waals surface area contributed by atoms with Crippen molar-refractivity contribution in [1.29, 1.82) is 0 Å². The van der Waals surface area contributed by atoms with Gasteiger partial charge in [-0.05, 0) is 25.1 Å². The molecule has 1 unspecified atom stereocenters. The second-order valence-corrected chi connectivity index (χ2v) is 5.27. The van der Waals surface area contributed by atoms with Crippen molar-refractivity contribution in [2.75, 3.05) is 6.54 Å². The van der Waals surface area contributed by atoms with Crippen LogP contribution >= 0.6 is 22.9 Å². The van der Waals surface area contributed by atoms with Gasteiger partial charge in [-0.3, -0.25) is 0 Å². The number of aromatic nitrogens is 1. The van der Waals surface area contributed by atoms with Crippen LogP contribution in [0.2, 0.25) is 5.02 Å². The van der Waals surface area contributed by atoms with Gasteiger partial charge in [0.05, 0.1) is 16.7 Å². The molecule has 1 heterocycles. The number of thiazole rings is 1. The molecule has 0 aliphatic heterocycles. The quantitative estimate of drug-likeness (QED) is 0.910. The normalized spacial score (nSPS) is 12.6. The standard InChI is InChI=1S/C13H15ClN2S/c1-3-15-13(12-8-17-9(2)16-12)10-6-4-5-7-11(10)14/h4-8,13,15H,3H2,1-2H3. The monoisotopic (exact) mass is 266 g/mol. The van der Waals surface area contributed by atoms with Gasteiger partial charge in [0.1, 0.15) is 0 Å². The van der Waals surface area contributed by atoms with Gasteiger partial charge in [-0.15, -0.1) is 11.3 Å². The fourth-order valence-electron chi connectivity index (χ4n) is 1.80. The number of aryl methyl sites for hydroxylation is 1. The van der Waals surface area contributed by atoms with Crippen molar-refractivity contribution in [3.05, 3.63) is 50.9 Å². The Morgan fingerprint density at radius 3 is 2.76 bits per heavy atom. The average Bonchev–Trinajstić information content (AvgIpc) is 2.74. The van der Waals surface area contributed by atoms with Crippen LogP contribution < -0.4 is 5.32 Å². The van der Waals surface area contributed by atoms with Gasteiger partial charge in [0, 0.05) is 10.4 Å². The molecule has 1 atom stereocenters. The Labute approximate surface area is 111 Å². The summed E-state index contributed by atoms with van der Waals surface area (Å²) in [5, 5.41) is 7.38. The Bertz CT molecular complexity index is 496. The lowest BCUT2D eigenvalue weighted by Gasteiger charge is -2.17. The summed E-state index contributed by atoms with van der Waals surface area (Å²) < 4.78 is 0. The first-order valence-corrected chi connectivity index (χ1v) is 6.88. The molecule has 0 fully saturated rings. The number of nitrogens with one attached hydrogen (secondary N) is 1. The summed E-state index contributed by atoms with van der Waals surface area (Å²) in [6.07, 6.45) is 0. The minimum atomic E-state index is 0.0821. The molecule has 1 aromatic heterocycles. The number of halogens is 1. The molecule has 0 saturated carbocycles. The molecule has 1 N–H and O–H groups in total. The first kappa shape index (κ1) is 12.6. The maximum atomic E-state index is 6.25. The molecule has 0 aliphatic carbocycles. The zero-order valence-electron chi connectivity index (χ0n) is 9.90. The van der Waals surface area contributed by atoms with Crippen LogP contribution in [0.3, 0.4) is 0 Å². The lowest BCUT2D eigenvalue weighted by Crippen LogP contribution is -2.22. The summed E-state index contributed by atoms with van der Waals surface area (Å²) in [7, 11) is 0. The zero-order chi connectivity index (χ0) is 12.3. The van der Waals surface area contributed by atoms with Crippen LogP contribution in [0, 0.1) is 6.92 Å². The van der Waals surface area contributed by atoms with Crippen molar-refractivity contribution in [3.8, 4) is 0 Å². The van der Waals surface area contributed by atoms with Gasteiger partial charge in [-0.2, -0.15) is 0 Å². The van der Waals surface area contributed by atoms with Gasteiger partial charge in [0.2, 0.25) is 0 Å². The minimum Gasteiger partial charge on any atom is -0.305 e. The maximum absolute atomic E-state index is 6.25. The number of benzene rings is 1. The molecule has 90 valence electrons. The van der Waals surface area contributed by atoms with Crippen molar-refractivity contribution in [2.45, 2.75) is 19.9 Å². The first-order valence-electron chi connectivity index (χ1n) is 5.62. The second kappa shape index (κ2) is 5.63. The van der Waals surface area contributed by atoms with E-state index in [4.69, 9.17) is 11.6 Å². The molecule has 0 saturated heterocycles. The largest absolute Gasteiger partial charge is 0.305 e. The van der Waals surface area contributed by atoms with E-state index in [-0.39, 0.29) is 6.04 Å². The van der Waals surface area contributed by atoms with Crippen LogP contribution in [0.1, 0.15) is 29.2 Å². The van der Waals surface area contributed by atoms with Gasteiger partial charge < -0.3 is 5.32 Å². The third kappa shape index (κ3) is 2.86. The highest BCUT2D eigenvalue weighted by Gasteiger charge is 2.17. The van der Waals surface area contributed by atoms with E-state index in [0.29, 0.717) is 0 Å². The molecule has 17 heavy (non-hydrogen) atoms. The van der Waals surface area contributed by atoms with Crippen molar-refractivity contribution in [2.24, 2.45) is 0 Å². The van der Waals surface area contributed by atoms with Crippen LogP contribution in [-0.4, -0.2) is 11.5 Å². The summed E-state index contributed by atoms with van der Waals surface area (Å²) in [5.74, 6) is 0. The summed E-state index contributed by atoms with van der Waals surface area (Å²) >= 11 is 7.91. The van der Waals surface area contributed by atoms with Gasteiger partial charge in [0.25, 0.3) is 0 Å². The van der Waals surface area contributed by atoms with Gasteiger partial charge in [-0.25, -0.2) is 4.98 Å². The maximum Gasteiger partial charge on any atom is 0.0898 e. The highest BCUT2D eigenvalue weighted by Crippen LogP contribution is 2.28. The zero-order valence-corrected chi connectivity index (χ0v) is 11.5. The summed E-state index contributed by atoms with van der Waals surface area (Å²) in [5.41, 5.74) is 2.13. The van der Waals surface area contributed by atoms with Crippen molar-refractivity contribution < 1.29 is 0 Å². The minimum absolute atomic E-state index is 0.0821. The van der Waals surface area contributed by atoms with Crippen LogP contribution in [-0.2, 0) is 0 Å². The van der Waals surface area contributed by atoms with E-state index < -0.39 is 0 Å². The Balaban J connectivity index is 2.39. The van der Waals surface area contributed by atoms with E-state index in [1.807, 2.05) is 31.2 Å². The fraction of sp³-hybridized carbons (Fsp3) is 0.308. The van der Waals surface area contributed by atoms with E-state index in [1.54, 1.807) is 11.3 Å². The highest BCUT2D eigenvalue weighted by molar-refractivity contribution is 7.09. The molecule has 0 radical (unpaired) electrons. The van der Waals surface area contributed by atoms with Crippen molar-refractivity contribution in [3.63, 3.8) is 0 Å². The topological polar surface area (TPSA) is 24.9 Å². The number of hydrogen-bond donors (Lipinski definition) is 1. The summed E-state index contributed by atoms with van der Waals surface area (Å²) in [6, 6.07) is 8.00. The van der Waals surface area contributed by atoms with E-state index >= 15 is 0 Å². The van der Waals surface area contributed by atoms with E-state index in [2.05, 4.69) is 22.6 Å². The predicted molar refractivity (Wildman–Crippen MR) is 73.8 cm³/mol. The predicted octanol–water partition coefficient (Wildman–Crippen LogP) is 3.80. The van der Waals surface area contributed by atoms with E-state index in [1.165, 1.54) is 0 Å². The Morgan fingerprint density at radius 2 is 2.18 bits per heavy atom.